The highest BCUT2D eigenvalue weighted by Gasteiger charge is 2.39. The van der Waals surface area contributed by atoms with Crippen LogP contribution in [-0.4, -0.2) is 49.2 Å². The molecule has 0 saturated carbocycles. The molecule has 1 N–H and O–H groups in total. The number of benzene rings is 2. The molecule has 0 aliphatic carbocycles. The predicted octanol–water partition coefficient (Wildman–Crippen LogP) is 4.10. The van der Waals surface area contributed by atoms with Crippen LogP contribution in [0.1, 0.15) is 33.3 Å². The molecule has 0 spiro atoms. The van der Waals surface area contributed by atoms with Gasteiger partial charge in [0, 0.05) is 11.8 Å². The molecule has 0 atom stereocenters. The number of hydrogen-bond acceptors (Lipinski definition) is 6. The summed E-state index contributed by atoms with van der Waals surface area (Å²) in [5.74, 6) is 0.471. The summed E-state index contributed by atoms with van der Waals surface area (Å²) in [7, 11) is 0. The quantitative estimate of drug-likeness (QED) is 0.532. The molecule has 1 aliphatic rings. The van der Waals surface area contributed by atoms with E-state index < -0.39 is 0 Å². The molecule has 0 radical (unpaired) electrons. The number of anilines is 1. The van der Waals surface area contributed by atoms with Gasteiger partial charge in [-0.3, -0.25) is 14.5 Å². The lowest BCUT2D eigenvalue weighted by Crippen LogP contribution is -2.35. The van der Waals surface area contributed by atoms with Crippen LogP contribution < -0.4 is 14.8 Å². The molecule has 0 fully saturated rings. The fraction of sp³-hybridized carbons (Fsp3) is 0.360. The van der Waals surface area contributed by atoms with E-state index in [9.17, 15) is 9.59 Å². The van der Waals surface area contributed by atoms with E-state index in [1.165, 1.54) is 4.90 Å². The van der Waals surface area contributed by atoms with Crippen molar-refractivity contribution in [2.75, 3.05) is 31.7 Å². The predicted molar refractivity (Wildman–Crippen MR) is 124 cm³/mol. The summed E-state index contributed by atoms with van der Waals surface area (Å²) in [5.41, 5.74) is 1.88. The average molecular weight is 439 g/mol. The Hall–Kier alpha value is -3.32. The monoisotopic (exact) mass is 438 g/mol. The number of imide groups is 1. The Morgan fingerprint density at radius 2 is 1.59 bits per heavy atom. The number of hydrogen-bond donors (Lipinski definition) is 1. The van der Waals surface area contributed by atoms with Gasteiger partial charge in [0.2, 0.25) is 0 Å². The van der Waals surface area contributed by atoms with Crippen LogP contribution in [0, 0.1) is 0 Å². The van der Waals surface area contributed by atoms with Gasteiger partial charge in [-0.2, -0.15) is 0 Å². The van der Waals surface area contributed by atoms with Gasteiger partial charge in [0.1, 0.15) is 5.70 Å². The summed E-state index contributed by atoms with van der Waals surface area (Å²) < 4.78 is 16.9. The number of ether oxygens (including phenoxy) is 3. The molecule has 1 heterocycles. The van der Waals surface area contributed by atoms with Gasteiger partial charge in [-0.25, -0.2) is 0 Å². The van der Waals surface area contributed by atoms with Crippen molar-refractivity contribution in [2.24, 2.45) is 0 Å². The number of carbonyl (C=O) groups excluding carboxylic acids is 2. The van der Waals surface area contributed by atoms with Crippen LogP contribution >= 0.6 is 0 Å². The van der Waals surface area contributed by atoms with E-state index in [1.807, 2.05) is 58.0 Å². The van der Waals surface area contributed by atoms with Gasteiger partial charge in [0.05, 0.1) is 38.0 Å². The Morgan fingerprint density at radius 1 is 0.906 bits per heavy atom. The summed E-state index contributed by atoms with van der Waals surface area (Å²) >= 11 is 0. The maximum Gasteiger partial charge on any atom is 0.278 e. The summed E-state index contributed by atoms with van der Waals surface area (Å²) in [6.07, 6.45) is 0.0165. The highest BCUT2D eigenvalue weighted by molar-refractivity contribution is 6.36. The normalized spacial score (nSPS) is 13.8. The number of carbonyl (C=O) groups is 2. The highest BCUT2D eigenvalue weighted by atomic mass is 16.5. The van der Waals surface area contributed by atoms with Crippen molar-refractivity contribution in [3.05, 3.63) is 59.8 Å². The first-order chi connectivity index (χ1) is 15.5. The van der Waals surface area contributed by atoms with Gasteiger partial charge in [0.15, 0.2) is 11.5 Å². The van der Waals surface area contributed by atoms with Crippen LogP contribution in [0.25, 0.3) is 5.57 Å². The maximum atomic E-state index is 13.2. The molecule has 2 amide bonds. The summed E-state index contributed by atoms with van der Waals surface area (Å²) in [6, 6.07) is 14.5. The fourth-order valence-electron chi connectivity index (χ4n) is 3.42. The highest BCUT2D eigenvalue weighted by Crippen LogP contribution is 2.34. The van der Waals surface area contributed by atoms with Gasteiger partial charge >= 0.3 is 0 Å². The minimum absolute atomic E-state index is 0.0165. The second kappa shape index (κ2) is 10.8. The molecule has 7 heteroatoms. The SMILES string of the molecule is CCOc1ccc(NC2=C(c3ccccc3)C(=O)N(CCOC(C)C)C2=O)cc1OCC. The molecule has 0 saturated heterocycles. The second-order valence-electron chi connectivity index (χ2n) is 7.45. The van der Waals surface area contributed by atoms with Crippen LogP contribution in [-0.2, 0) is 14.3 Å². The number of nitrogens with zero attached hydrogens (tertiary/aromatic N) is 1. The Balaban J connectivity index is 1.95. The molecule has 2 aromatic carbocycles. The Bertz CT molecular complexity index is 985. The van der Waals surface area contributed by atoms with Gasteiger partial charge < -0.3 is 19.5 Å². The van der Waals surface area contributed by atoms with Crippen molar-refractivity contribution in [3.63, 3.8) is 0 Å². The van der Waals surface area contributed by atoms with E-state index in [2.05, 4.69) is 5.32 Å². The third-order valence-electron chi connectivity index (χ3n) is 4.81. The summed E-state index contributed by atoms with van der Waals surface area (Å²) in [5, 5.41) is 3.16. The Kier molecular flexibility index (Phi) is 7.89. The average Bonchev–Trinajstić information content (AvgIpc) is 3.00. The standard InChI is InChI=1S/C25H30N2O5/c1-5-30-20-13-12-19(16-21(20)31-6-2)26-23-22(18-10-8-7-9-11-18)24(28)27(25(23)29)14-15-32-17(3)4/h7-13,16-17,26H,5-6,14-15H2,1-4H3. The molecule has 1 aliphatic heterocycles. The number of amides is 2. The third-order valence-corrected chi connectivity index (χ3v) is 4.81. The van der Waals surface area contributed by atoms with Crippen LogP contribution in [0.3, 0.4) is 0 Å². The van der Waals surface area contributed by atoms with E-state index in [0.29, 0.717) is 41.5 Å². The van der Waals surface area contributed by atoms with Crippen LogP contribution in [0.2, 0.25) is 0 Å². The lowest BCUT2D eigenvalue weighted by molar-refractivity contribution is -0.137. The first kappa shape index (κ1) is 23.3. The zero-order valence-corrected chi connectivity index (χ0v) is 19.0. The smallest absolute Gasteiger partial charge is 0.278 e. The molecule has 170 valence electrons. The van der Waals surface area contributed by atoms with Gasteiger partial charge in [0.25, 0.3) is 11.8 Å². The zero-order valence-electron chi connectivity index (χ0n) is 19.0. The third kappa shape index (κ3) is 5.29. The molecule has 32 heavy (non-hydrogen) atoms. The molecule has 0 unspecified atom stereocenters. The van der Waals surface area contributed by atoms with Gasteiger partial charge in [-0.05, 0) is 45.4 Å². The molecular formula is C25H30N2O5. The van der Waals surface area contributed by atoms with E-state index >= 15 is 0 Å². The molecule has 7 nitrogen and oxygen atoms in total. The first-order valence-electron chi connectivity index (χ1n) is 10.9. The van der Waals surface area contributed by atoms with Crippen LogP contribution in [0.15, 0.2) is 54.2 Å². The van der Waals surface area contributed by atoms with Gasteiger partial charge in [-0.15, -0.1) is 0 Å². The van der Waals surface area contributed by atoms with Crippen molar-refractivity contribution >= 4 is 23.1 Å². The van der Waals surface area contributed by atoms with Crippen molar-refractivity contribution in [1.29, 1.82) is 0 Å². The largest absolute Gasteiger partial charge is 0.490 e. The fourth-order valence-corrected chi connectivity index (χ4v) is 3.42. The minimum Gasteiger partial charge on any atom is -0.490 e. The van der Waals surface area contributed by atoms with E-state index in [-0.39, 0.29) is 36.8 Å². The van der Waals surface area contributed by atoms with E-state index in [0.717, 1.165) is 0 Å². The summed E-state index contributed by atoms with van der Waals surface area (Å²) in [6.45, 7) is 9.07. The van der Waals surface area contributed by atoms with Crippen LogP contribution in [0.5, 0.6) is 11.5 Å². The van der Waals surface area contributed by atoms with Crippen molar-refractivity contribution in [2.45, 2.75) is 33.8 Å². The first-order valence-corrected chi connectivity index (χ1v) is 10.9. The molecule has 3 rings (SSSR count). The number of rotatable bonds is 11. The zero-order chi connectivity index (χ0) is 23.1. The maximum absolute atomic E-state index is 13.2. The molecule has 0 bridgehead atoms. The number of nitrogens with one attached hydrogen (secondary N) is 1. The molecule has 0 aromatic heterocycles. The Labute approximate surface area is 189 Å². The lowest BCUT2D eigenvalue weighted by Gasteiger charge is -2.17. The van der Waals surface area contributed by atoms with Crippen molar-refractivity contribution < 1.29 is 23.8 Å². The molecule has 2 aromatic rings. The van der Waals surface area contributed by atoms with Gasteiger partial charge in [-0.1, -0.05) is 30.3 Å². The van der Waals surface area contributed by atoms with Crippen LogP contribution in [0.4, 0.5) is 5.69 Å². The lowest BCUT2D eigenvalue weighted by atomic mass is 10.0. The minimum atomic E-state index is -0.381. The Morgan fingerprint density at radius 3 is 2.25 bits per heavy atom. The topological polar surface area (TPSA) is 77.1 Å². The summed E-state index contributed by atoms with van der Waals surface area (Å²) in [4.78, 5) is 27.7. The molecular weight excluding hydrogens is 408 g/mol. The van der Waals surface area contributed by atoms with E-state index in [4.69, 9.17) is 14.2 Å². The van der Waals surface area contributed by atoms with Crippen molar-refractivity contribution in [3.8, 4) is 11.5 Å². The second-order valence-corrected chi connectivity index (χ2v) is 7.45. The van der Waals surface area contributed by atoms with E-state index in [1.54, 1.807) is 18.2 Å². The van der Waals surface area contributed by atoms with Crippen molar-refractivity contribution in [1.82, 2.24) is 4.90 Å².